The van der Waals surface area contributed by atoms with E-state index in [2.05, 4.69) is 22.3 Å². The van der Waals surface area contributed by atoms with Crippen molar-refractivity contribution in [3.05, 3.63) is 29.8 Å². The Balaban J connectivity index is 2.07. The number of ether oxygens (including phenoxy) is 2. The zero-order valence-corrected chi connectivity index (χ0v) is 11.5. The fourth-order valence-electron chi connectivity index (χ4n) is 2.01. The third-order valence-electron chi connectivity index (χ3n) is 3.09. The quantitative estimate of drug-likeness (QED) is 0.664. The molecule has 1 N–H and O–H groups in total. The van der Waals surface area contributed by atoms with Gasteiger partial charge in [0.2, 0.25) is 0 Å². The van der Waals surface area contributed by atoms with E-state index in [1.165, 1.54) is 5.56 Å². The summed E-state index contributed by atoms with van der Waals surface area (Å²) < 4.78 is 10.4. The summed E-state index contributed by atoms with van der Waals surface area (Å²) in [5.41, 5.74) is 2.38. The normalized spacial score (nSPS) is 15.3. The standard InChI is InChI=1S/C13H18N2O2S/c1-16-12(17-2)9-15-8-7-10-5-3-4-6-11(10)14-13(15)18/h3-6,12H,7-9H2,1-2H3,(H,14,18). The molecule has 0 saturated heterocycles. The number of hydrogen-bond acceptors (Lipinski definition) is 3. The number of para-hydroxylation sites is 1. The molecule has 18 heavy (non-hydrogen) atoms. The lowest BCUT2D eigenvalue weighted by Crippen LogP contribution is -2.41. The summed E-state index contributed by atoms with van der Waals surface area (Å²) in [5.74, 6) is 0. The topological polar surface area (TPSA) is 33.7 Å². The maximum Gasteiger partial charge on any atom is 0.174 e. The molecule has 0 spiro atoms. The molecular weight excluding hydrogens is 248 g/mol. The van der Waals surface area contributed by atoms with Crippen molar-refractivity contribution in [3.8, 4) is 0 Å². The van der Waals surface area contributed by atoms with Gasteiger partial charge in [0.1, 0.15) is 0 Å². The van der Waals surface area contributed by atoms with Crippen LogP contribution in [0.1, 0.15) is 5.56 Å². The second kappa shape index (κ2) is 6.13. The Morgan fingerprint density at radius 1 is 1.33 bits per heavy atom. The van der Waals surface area contributed by atoms with E-state index in [9.17, 15) is 0 Å². The van der Waals surface area contributed by atoms with Gasteiger partial charge < -0.3 is 19.7 Å². The van der Waals surface area contributed by atoms with Gasteiger partial charge in [0.25, 0.3) is 0 Å². The molecule has 1 heterocycles. The number of rotatable bonds is 4. The molecular formula is C13H18N2O2S. The first kappa shape index (κ1) is 13.3. The molecule has 98 valence electrons. The Kier molecular flexibility index (Phi) is 4.52. The number of thiocarbonyl (C=S) groups is 1. The fourth-order valence-corrected chi connectivity index (χ4v) is 2.29. The van der Waals surface area contributed by atoms with Crippen molar-refractivity contribution in [1.82, 2.24) is 4.90 Å². The molecule has 2 rings (SSSR count). The van der Waals surface area contributed by atoms with Crippen LogP contribution in [0, 0.1) is 0 Å². The van der Waals surface area contributed by atoms with Gasteiger partial charge in [0, 0.05) is 26.5 Å². The molecule has 0 fully saturated rings. The summed E-state index contributed by atoms with van der Waals surface area (Å²) in [7, 11) is 3.27. The maximum atomic E-state index is 5.41. The lowest BCUT2D eigenvalue weighted by atomic mass is 10.1. The molecule has 5 heteroatoms. The Morgan fingerprint density at radius 2 is 2.06 bits per heavy atom. The van der Waals surface area contributed by atoms with Crippen molar-refractivity contribution in [2.75, 3.05) is 32.6 Å². The van der Waals surface area contributed by atoms with E-state index in [-0.39, 0.29) is 6.29 Å². The number of anilines is 1. The van der Waals surface area contributed by atoms with Crippen LogP contribution in [0.15, 0.2) is 24.3 Å². The first-order valence-electron chi connectivity index (χ1n) is 5.94. The average Bonchev–Trinajstić information content (AvgIpc) is 2.55. The summed E-state index contributed by atoms with van der Waals surface area (Å²) in [6, 6.07) is 8.23. The third-order valence-corrected chi connectivity index (χ3v) is 3.45. The SMILES string of the molecule is COC(CN1CCc2ccccc2NC1=S)OC. The molecule has 0 saturated carbocycles. The molecule has 0 bridgehead atoms. The monoisotopic (exact) mass is 266 g/mol. The summed E-state index contributed by atoms with van der Waals surface area (Å²) in [6.45, 7) is 1.50. The molecule has 0 unspecified atom stereocenters. The molecule has 0 radical (unpaired) electrons. The van der Waals surface area contributed by atoms with Crippen LogP contribution >= 0.6 is 12.2 Å². The summed E-state index contributed by atoms with van der Waals surface area (Å²) >= 11 is 5.41. The maximum absolute atomic E-state index is 5.41. The largest absolute Gasteiger partial charge is 0.354 e. The highest BCUT2D eigenvalue weighted by Gasteiger charge is 2.19. The van der Waals surface area contributed by atoms with E-state index in [4.69, 9.17) is 21.7 Å². The number of methoxy groups -OCH3 is 2. The van der Waals surface area contributed by atoms with Crippen LogP contribution in [0.3, 0.4) is 0 Å². The smallest absolute Gasteiger partial charge is 0.174 e. The Labute approximate surface area is 113 Å². The highest BCUT2D eigenvalue weighted by Crippen LogP contribution is 2.20. The summed E-state index contributed by atoms with van der Waals surface area (Å²) in [5, 5.41) is 3.99. The lowest BCUT2D eigenvalue weighted by Gasteiger charge is -2.26. The minimum atomic E-state index is -0.258. The number of fused-ring (bicyclic) bond motifs is 1. The van der Waals surface area contributed by atoms with E-state index in [1.807, 2.05) is 12.1 Å². The number of nitrogens with one attached hydrogen (secondary N) is 1. The minimum Gasteiger partial charge on any atom is -0.354 e. The van der Waals surface area contributed by atoms with E-state index in [0.717, 1.165) is 23.8 Å². The number of hydrogen-bond donors (Lipinski definition) is 1. The van der Waals surface area contributed by atoms with Crippen LogP contribution in [0.5, 0.6) is 0 Å². The zero-order chi connectivity index (χ0) is 13.0. The van der Waals surface area contributed by atoms with E-state index < -0.39 is 0 Å². The first-order chi connectivity index (χ1) is 8.74. The molecule has 1 aliphatic heterocycles. The van der Waals surface area contributed by atoms with Gasteiger partial charge in [0.05, 0.1) is 6.54 Å². The molecule has 0 atom stereocenters. The van der Waals surface area contributed by atoms with Crippen LogP contribution in [0.4, 0.5) is 5.69 Å². The van der Waals surface area contributed by atoms with Gasteiger partial charge in [-0.3, -0.25) is 0 Å². The Bertz CT molecular complexity index is 421. The lowest BCUT2D eigenvalue weighted by molar-refractivity contribution is -0.109. The number of benzene rings is 1. The van der Waals surface area contributed by atoms with Gasteiger partial charge in [-0.15, -0.1) is 0 Å². The number of nitrogens with zero attached hydrogens (tertiary/aromatic N) is 1. The van der Waals surface area contributed by atoms with Gasteiger partial charge in [0.15, 0.2) is 11.4 Å². The van der Waals surface area contributed by atoms with Crippen molar-refractivity contribution in [1.29, 1.82) is 0 Å². The van der Waals surface area contributed by atoms with Crippen molar-refractivity contribution < 1.29 is 9.47 Å². The molecule has 0 amide bonds. The molecule has 1 aromatic carbocycles. The van der Waals surface area contributed by atoms with Crippen molar-refractivity contribution >= 4 is 23.0 Å². The highest BCUT2D eigenvalue weighted by atomic mass is 32.1. The predicted molar refractivity (Wildman–Crippen MR) is 75.7 cm³/mol. The minimum absolute atomic E-state index is 0.258. The van der Waals surface area contributed by atoms with Crippen LogP contribution in [-0.4, -0.2) is 43.6 Å². The third kappa shape index (κ3) is 2.98. The van der Waals surface area contributed by atoms with Gasteiger partial charge in [-0.25, -0.2) is 0 Å². The van der Waals surface area contributed by atoms with Crippen LogP contribution in [0.25, 0.3) is 0 Å². The van der Waals surface area contributed by atoms with Gasteiger partial charge in [-0.2, -0.15) is 0 Å². The fraction of sp³-hybridized carbons (Fsp3) is 0.462. The van der Waals surface area contributed by atoms with Crippen LogP contribution in [-0.2, 0) is 15.9 Å². The Morgan fingerprint density at radius 3 is 2.78 bits per heavy atom. The van der Waals surface area contributed by atoms with Crippen molar-refractivity contribution in [2.45, 2.75) is 12.7 Å². The van der Waals surface area contributed by atoms with E-state index in [0.29, 0.717) is 6.54 Å². The Hall–Kier alpha value is -1.17. The van der Waals surface area contributed by atoms with Crippen LogP contribution < -0.4 is 5.32 Å². The average molecular weight is 266 g/mol. The molecule has 0 aliphatic carbocycles. The van der Waals surface area contributed by atoms with Gasteiger partial charge in [-0.05, 0) is 30.3 Å². The van der Waals surface area contributed by atoms with E-state index >= 15 is 0 Å². The second-order valence-electron chi connectivity index (χ2n) is 4.18. The highest BCUT2D eigenvalue weighted by molar-refractivity contribution is 7.80. The van der Waals surface area contributed by atoms with E-state index in [1.54, 1.807) is 14.2 Å². The van der Waals surface area contributed by atoms with Crippen molar-refractivity contribution in [3.63, 3.8) is 0 Å². The molecule has 1 aliphatic rings. The summed E-state index contributed by atoms with van der Waals surface area (Å²) in [4.78, 5) is 2.08. The zero-order valence-electron chi connectivity index (χ0n) is 10.7. The van der Waals surface area contributed by atoms with Crippen LogP contribution in [0.2, 0.25) is 0 Å². The first-order valence-corrected chi connectivity index (χ1v) is 6.35. The molecule has 4 nitrogen and oxygen atoms in total. The predicted octanol–water partition coefficient (Wildman–Crippen LogP) is 1.86. The second-order valence-corrected chi connectivity index (χ2v) is 4.57. The van der Waals surface area contributed by atoms with Gasteiger partial charge >= 0.3 is 0 Å². The summed E-state index contributed by atoms with van der Waals surface area (Å²) in [6.07, 6.45) is 0.703. The van der Waals surface area contributed by atoms with Gasteiger partial charge in [-0.1, -0.05) is 18.2 Å². The van der Waals surface area contributed by atoms with Crippen molar-refractivity contribution in [2.24, 2.45) is 0 Å². The molecule has 1 aromatic rings. The molecule has 0 aromatic heterocycles.